The van der Waals surface area contributed by atoms with Crippen molar-refractivity contribution < 1.29 is 0 Å². The fraction of sp³-hybridized carbons (Fsp3) is 0.667. The maximum Gasteiger partial charge on any atom is -0.0323 e. The molecule has 0 fully saturated rings. The lowest BCUT2D eigenvalue weighted by molar-refractivity contribution is 0.740. The maximum absolute atomic E-state index is 3.79. The van der Waals surface area contributed by atoms with Crippen molar-refractivity contribution in [3.8, 4) is 0 Å². The summed E-state index contributed by atoms with van der Waals surface area (Å²) in [6, 6.07) is 0. The summed E-state index contributed by atoms with van der Waals surface area (Å²) in [6.07, 6.45) is 7.09. The summed E-state index contributed by atoms with van der Waals surface area (Å²) in [6.45, 7) is 8.07. The van der Waals surface area contributed by atoms with Crippen molar-refractivity contribution in [2.75, 3.05) is 0 Å². The van der Waals surface area contributed by atoms with Crippen LogP contribution >= 0.6 is 0 Å². The van der Waals surface area contributed by atoms with Crippen LogP contribution in [0.5, 0.6) is 0 Å². The number of allylic oxidation sites excluding steroid dienone is 2. The normalized spacial score (nSPS) is 12.1. The molecule has 0 amide bonds. The first-order valence-corrected chi connectivity index (χ1v) is 3.72. The van der Waals surface area contributed by atoms with Crippen LogP contribution in [0, 0.1) is 6.92 Å². The molecule has 0 N–H and O–H groups in total. The molecule has 0 aliphatic carbocycles. The van der Waals surface area contributed by atoms with E-state index in [1.54, 1.807) is 0 Å². The fourth-order valence-electron chi connectivity index (χ4n) is 0.725. The van der Waals surface area contributed by atoms with Crippen molar-refractivity contribution in [1.82, 2.24) is 0 Å². The summed E-state index contributed by atoms with van der Waals surface area (Å²) in [4.78, 5) is 0. The molecule has 0 unspecified atom stereocenters. The van der Waals surface area contributed by atoms with Gasteiger partial charge in [0.2, 0.25) is 0 Å². The molecule has 0 spiro atoms. The predicted molar refractivity (Wildman–Crippen MR) is 43.3 cm³/mol. The van der Waals surface area contributed by atoms with Gasteiger partial charge in [0.1, 0.15) is 0 Å². The molecule has 9 heavy (non-hydrogen) atoms. The minimum atomic E-state index is 1.08. The average molecular weight is 125 g/mol. The predicted octanol–water partition coefficient (Wildman–Crippen LogP) is 3.35. The van der Waals surface area contributed by atoms with Gasteiger partial charge < -0.3 is 0 Å². The lowest BCUT2D eigenvalue weighted by Gasteiger charge is -1.96. The van der Waals surface area contributed by atoms with Gasteiger partial charge in [-0.15, -0.1) is 0 Å². The number of hydrogen-bond donors (Lipinski definition) is 0. The first-order chi connectivity index (χ1) is 4.31. The van der Waals surface area contributed by atoms with Crippen LogP contribution in [-0.4, -0.2) is 0 Å². The molecule has 0 heteroatoms. The lowest BCUT2D eigenvalue weighted by atomic mass is 10.1. The third kappa shape index (κ3) is 5.61. The average Bonchev–Trinajstić information content (AvgIpc) is 1.89. The summed E-state index contributed by atoms with van der Waals surface area (Å²) >= 11 is 0. The molecule has 0 rings (SSSR count). The first-order valence-electron chi connectivity index (χ1n) is 3.72. The SMILES string of the molecule is [CH2]CCCC/C(C)=C/C. The Balaban J connectivity index is 3.07. The van der Waals surface area contributed by atoms with E-state index >= 15 is 0 Å². The van der Waals surface area contributed by atoms with Crippen LogP contribution in [0.1, 0.15) is 39.5 Å². The summed E-state index contributed by atoms with van der Waals surface area (Å²) in [5.41, 5.74) is 1.50. The second-order valence-electron chi connectivity index (χ2n) is 2.45. The molecule has 0 saturated carbocycles. The van der Waals surface area contributed by atoms with Gasteiger partial charge in [0.05, 0.1) is 0 Å². The highest BCUT2D eigenvalue weighted by Crippen LogP contribution is 2.06. The number of rotatable bonds is 4. The highest BCUT2D eigenvalue weighted by Gasteiger charge is 1.86. The van der Waals surface area contributed by atoms with Crippen molar-refractivity contribution in [3.05, 3.63) is 18.6 Å². The molecular formula is C9H17. The molecule has 0 aromatic rings. The number of unbranched alkanes of at least 4 members (excludes halogenated alkanes) is 2. The highest BCUT2D eigenvalue weighted by atomic mass is 13.9. The maximum atomic E-state index is 3.79. The molecule has 0 bridgehead atoms. The molecule has 0 saturated heterocycles. The zero-order valence-electron chi connectivity index (χ0n) is 6.61. The molecule has 53 valence electrons. The van der Waals surface area contributed by atoms with E-state index in [2.05, 4.69) is 26.8 Å². The van der Waals surface area contributed by atoms with Crippen molar-refractivity contribution in [3.63, 3.8) is 0 Å². The van der Waals surface area contributed by atoms with Crippen molar-refractivity contribution in [2.24, 2.45) is 0 Å². The van der Waals surface area contributed by atoms with Gasteiger partial charge in [-0.05, 0) is 26.7 Å². The van der Waals surface area contributed by atoms with Gasteiger partial charge in [-0.2, -0.15) is 0 Å². The van der Waals surface area contributed by atoms with Gasteiger partial charge >= 0.3 is 0 Å². The number of hydrogen-bond acceptors (Lipinski definition) is 0. The third-order valence-electron chi connectivity index (χ3n) is 1.56. The van der Waals surface area contributed by atoms with E-state index in [1.165, 1.54) is 24.8 Å². The Labute approximate surface area is 59.0 Å². The van der Waals surface area contributed by atoms with Crippen LogP contribution < -0.4 is 0 Å². The van der Waals surface area contributed by atoms with Crippen LogP contribution in [0.25, 0.3) is 0 Å². The Hall–Kier alpha value is -0.260. The van der Waals surface area contributed by atoms with Crippen LogP contribution in [0.4, 0.5) is 0 Å². The van der Waals surface area contributed by atoms with Gasteiger partial charge in [0.15, 0.2) is 0 Å². The molecule has 0 aliphatic rings. The smallest absolute Gasteiger partial charge is 0.0323 e. The van der Waals surface area contributed by atoms with Crippen molar-refractivity contribution in [2.45, 2.75) is 39.5 Å². The third-order valence-corrected chi connectivity index (χ3v) is 1.56. The molecule has 0 aromatic carbocycles. The molecule has 1 radical (unpaired) electrons. The van der Waals surface area contributed by atoms with Gasteiger partial charge in [0.25, 0.3) is 0 Å². The summed E-state index contributed by atoms with van der Waals surface area (Å²) in [7, 11) is 0. The van der Waals surface area contributed by atoms with Crippen LogP contribution in [0.15, 0.2) is 11.6 Å². The second kappa shape index (κ2) is 5.87. The van der Waals surface area contributed by atoms with E-state index in [9.17, 15) is 0 Å². The zero-order chi connectivity index (χ0) is 7.11. The molecule has 0 atom stereocenters. The monoisotopic (exact) mass is 125 g/mol. The minimum Gasteiger partial charge on any atom is -0.0887 e. The van der Waals surface area contributed by atoms with Crippen molar-refractivity contribution >= 4 is 0 Å². The van der Waals surface area contributed by atoms with E-state index in [4.69, 9.17) is 0 Å². The Morgan fingerprint density at radius 1 is 1.44 bits per heavy atom. The highest BCUT2D eigenvalue weighted by molar-refractivity contribution is 4.94. The van der Waals surface area contributed by atoms with Crippen LogP contribution in [0.2, 0.25) is 0 Å². The van der Waals surface area contributed by atoms with E-state index in [0.717, 1.165) is 6.42 Å². The zero-order valence-corrected chi connectivity index (χ0v) is 6.61. The van der Waals surface area contributed by atoms with Gasteiger partial charge in [-0.25, -0.2) is 0 Å². The van der Waals surface area contributed by atoms with Gasteiger partial charge in [0, 0.05) is 0 Å². The van der Waals surface area contributed by atoms with E-state index in [0.29, 0.717) is 0 Å². The Morgan fingerprint density at radius 3 is 2.56 bits per heavy atom. The Bertz CT molecular complexity index is 80.0. The fourth-order valence-corrected chi connectivity index (χ4v) is 0.725. The second-order valence-corrected chi connectivity index (χ2v) is 2.45. The van der Waals surface area contributed by atoms with Crippen LogP contribution in [-0.2, 0) is 0 Å². The lowest BCUT2D eigenvalue weighted by Crippen LogP contribution is -1.76. The Morgan fingerprint density at radius 2 is 2.11 bits per heavy atom. The Kier molecular flexibility index (Phi) is 5.70. The first kappa shape index (κ1) is 8.74. The molecular weight excluding hydrogens is 108 g/mol. The summed E-state index contributed by atoms with van der Waals surface area (Å²) in [5.74, 6) is 0. The topological polar surface area (TPSA) is 0 Å². The summed E-state index contributed by atoms with van der Waals surface area (Å²) < 4.78 is 0. The van der Waals surface area contributed by atoms with Crippen molar-refractivity contribution in [1.29, 1.82) is 0 Å². The van der Waals surface area contributed by atoms with E-state index in [1.807, 2.05) is 0 Å². The van der Waals surface area contributed by atoms with Crippen LogP contribution in [0.3, 0.4) is 0 Å². The minimum absolute atomic E-state index is 1.08. The largest absolute Gasteiger partial charge is 0.0887 e. The van der Waals surface area contributed by atoms with Gasteiger partial charge in [-0.1, -0.05) is 31.4 Å². The molecule has 0 nitrogen and oxygen atoms in total. The molecule has 0 aromatic heterocycles. The van der Waals surface area contributed by atoms with Gasteiger partial charge in [-0.3, -0.25) is 0 Å². The molecule has 0 aliphatic heterocycles. The van der Waals surface area contributed by atoms with E-state index in [-0.39, 0.29) is 0 Å². The van der Waals surface area contributed by atoms with E-state index < -0.39 is 0 Å². The quantitative estimate of drug-likeness (QED) is 0.399. The molecule has 0 heterocycles. The summed E-state index contributed by atoms with van der Waals surface area (Å²) in [5, 5.41) is 0. The standard InChI is InChI=1S/C9H17/c1-4-6-7-8-9(3)5-2/h5H,1,4,6-8H2,2-3H3/b9-5+.